The normalized spacial score (nSPS) is 10.9. The Kier molecular flexibility index (Phi) is 2.91. The van der Waals surface area contributed by atoms with Crippen LogP contribution in [-0.4, -0.2) is 20.6 Å². The number of hydrogen-bond acceptors (Lipinski definition) is 2. The molecule has 20 heavy (non-hydrogen) atoms. The van der Waals surface area contributed by atoms with Gasteiger partial charge in [-0.2, -0.15) is 0 Å². The number of benzene rings is 2. The first-order chi connectivity index (χ1) is 9.56. The lowest BCUT2D eigenvalue weighted by Crippen LogP contribution is -2.02. The summed E-state index contributed by atoms with van der Waals surface area (Å²) in [6.45, 7) is 0. The van der Waals surface area contributed by atoms with Crippen LogP contribution in [-0.2, 0) is 0 Å². The van der Waals surface area contributed by atoms with Crippen LogP contribution in [0.15, 0.2) is 42.7 Å². The van der Waals surface area contributed by atoms with Gasteiger partial charge in [0.2, 0.25) is 0 Å². The summed E-state index contributed by atoms with van der Waals surface area (Å²) in [5.74, 6) is -1.57. The van der Waals surface area contributed by atoms with Crippen molar-refractivity contribution in [3.8, 4) is 5.69 Å². The minimum atomic E-state index is -1.07. The monoisotopic (exact) mass is 290 g/mol. The van der Waals surface area contributed by atoms with Gasteiger partial charge in [-0.15, -0.1) is 0 Å². The smallest absolute Gasteiger partial charge is 0.337 e. The minimum absolute atomic E-state index is 0.0976. The van der Waals surface area contributed by atoms with E-state index in [1.54, 1.807) is 18.2 Å². The summed E-state index contributed by atoms with van der Waals surface area (Å²) in [5, 5.41) is 9.47. The summed E-state index contributed by atoms with van der Waals surface area (Å²) in [7, 11) is 0. The SMILES string of the molecule is O=C(O)c1cccc2ncn(-c3cc(F)cc(Cl)c3)c12. The van der Waals surface area contributed by atoms with E-state index < -0.39 is 11.8 Å². The number of para-hydroxylation sites is 1. The average Bonchev–Trinajstić information content (AvgIpc) is 2.80. The van der Waals surface area contributed by atoms with E-state index in [-0.39, 0.29) is 10.6 Å². The third-order valence-electron chi connectivity index (χ3n) is 2.92. The maximum atomic E-state index is 13.4. The van der Waals surface area contributed by atoms with E-state index >= 15 is 0 Å². The fourth-order valence-electron chi connectivity index (χ4n) is 2.11. The van der Waals surface area contributed by atoms with Crippen LogP contribution in [0.5, 0.6) is 0 Å². The molecule has 0 aliphatic rings. The van der Waals surface area contributed by atoms with Gasteiger partial charge in [0.25, 0.3) is 0 Å². The fourth-order valence-corrected chi connectivity index (χ4v) is 2.33. The summed E-state index contributed by atoms with van der Waals surface area (Å²) in [5.41, 5.74) is 1.44. The van der Waals surface area contributed by atoms with Crippen LogP contribution >= 0.6 is 11.6 Å². The summed E-state index contributed by atoms with van der Waals surface area (Å²) in [6, 6.07) is 8.78. The summed E-state index contributed by atoms with van der Waals surface area (Å²) >= 11 is 5.83. The molecular formula is C14H8ClFN2O2. The van der Waals surface area contributed by atoms with Gasteiger partial charge in [0.15, 0.2) is 0 Å². The number of carboxylic acid groups (broad SMARTS) is 1. The van der Waals surface area contributed by atoms with Crippen LogP contribution in [0.2, 0.25) is 5.02 Å². The Morgan fingerprint density at radius 1 is 1.30 bits per heavy atom. The Morgan fingerprint density at radius 3 is 2.80 bits per heavy atom. The van der Waals surface area contributed by atoms with Crippen molar-refractivity contribution in [1.82, 2.24) is 9.55 Å². The van der Waals surface area contributed by atoms with Crippen LogP contribution in [0.4, 0.5) is 4.39 Å². The zero-order valence-electron chi connectivity index (χ0n) is 10.0. The molecule has 2 aromatic carbocycles. The molecule has 1 heterocycles. The standard InChI is InChI=1S/C14H8ClFN2O2/c15-8-4-9(16)6-10(5-8)18-7-17-12-3-1-2-11(13(12)18)14(19)20/h1-7H,(H,19,20). The number of carboxylic acids is 1. The third kappa shape index (κ3) is 2.02. The molecule has 4 nitrogen and oxygen atoms in total. The van der Waals surface area contributed by atoms with Crippen LogP contribution in [0.25, 0.3) is 16.7 Å². The van der Waals surface area contributed by atoms with Gasteiger partial charge in [0, 0.05) is 5.02 Å². The van der Waals surface area contributed by atoms with Crippen molar-refractivity contribution in [1.29, 1.82) is 0 Å². The van der Waals surface area contributed by atoms with Crippen molar-refractivity contribution in [2.24, 2.45) is 0 Å². The molecule has 100 valence electrons. The van der Waals surface area contributed by atoms with Crippen molar-refractivity contribution >= 4 is 28.6 Å². The predicted octanol–water partition coefficient (Wildman–Crippen LogP) is 3.52. The lowest BCUT2D eigenvalue weighted by Gasteiger charge is -2.07. The maximum absolute atomic E-state index is 13.4. The summed E-state index contributed by atoms with van der Waals surface area (Å²) < 4.78 is 15.0. The van der Waals surface area contributed by atoms with E-state index in [1.165, 1.54) is 29.1 Å². The third-order valence-corrected chi connectivity index (χ3v) is 3.14. The Hall–Kier alpha value is -2.40. The first kappa shape index (κ1) is 12.6. The maximum Gasteiger partial charge on any atom is 0.337 e. The van der Waals surface area contributed by atoms with Gasteiger partial charge >= 0.3 is 5.97 Å². The Balaban J connectivity index is 2.34. The van der Waals surface area contributed by atoms with Gasteiger partial charge in [0.1, 0.15) is 12.1 Å². The quantitative estimate of drug-likeness (QED) is 0.785. The van der Waals surface area contributed by atoms with Crippen LogP contribution in [0.3, 0.4) is 0 Å². The molecule has 6 heteroatoms. The lowest BCUT2D eigenvalue weighted by molar-refractivity contribution is 0.0698. The van der Waals surface area contributed by atoms with E-state index in [0.717, 1.165) is 0 Å². The van der Waals surface area contributed by atoms with Crippen LogP contribution < -0.4 is 0 Å². The molecule has 0 amide bonds. The van der Waals surface area contributed by atoms with Gasteiger partial charge in [-0.3, -0.25) is 4.57 Å². The molecule has 3 aromatic rings. The highest BCUT2D eigenvalue weighted by Gasteiger charge is 2.14. The zero-order valence-corrected chi connectivity index (χ0v) is 10.8. The number of fused-ring (bicyclic) bond motifs is 1. The molecule has 0 bridgehead atoms. The molecule has 0 aliphatic heterocycles. The number of imidazole rings is 1. The van der Waals surface area contributed by atoms with Crippen LogP contribution in [0, 0.1) is 5.82 Å². The highest BCUT2D eigenvalue weighted by molar-refractivity contribution is 6.30. The topological polar surface area (TPSA) is 55.1 Å². The molecule has 1 aromatic heterocycles. The molecule has 0 fully saturated rings. The largest absolute Gasteiger partial charge is 0.478 e. The van der Waals surface area contributed by atoms with Crippen molar-refractivity contribution in [2.45, 2.75) is 0 Å². The van der Waals surface area contributed by atoms with Gasteiger partial charge in [0.05, 0.1) is 22.3 Å². The first-order valence-corrected chi connectivity index (χ1v) is 6.10. The highest BCUT2D eigenvalue weighted by Crippen LogP contribution is 2.24. The molecule has 0 saturated heterocycles. The Labute approximate surface area is 118 Å². The molecule has 1 N–H and O–H groups in total. The first-order valence-electron chi connectivity index (χ1n) is 5.72. The number of carbonyl (C=O) groups is 1. The zero-order chi connectivity index (χ0) is 14.3. The fraction of sp³-hybridized carbons (Fsp3) is 0. The molecular weight excluding hydrogens is 283 g/mol. The molecule has 0 spiro atoms. The van der Waals surface area contributed by atoms with Crippen molar-refractivity contribution in [2.75, 3.05) is 0 Å². The van der Waals surface area contributed by atoms with E-state index in [0.29, 0.717) is 16.7 Å². The number of halogens is 2. The number of aromatic carboxylic acids is 1. The molecule has 0 unspecified atom stereocenters. The van der Waals surface area contributed by atoms with Crippen molar-refractivity contribution < 1.29 is 14.3 Å². The van der Waals surface area contributed by atoms with E-state index in [4.69, 9.17) is 11.6 Å². The summed E-state index contributed by atoms with van der Waals surface area (Å²) in [6.07, 6.45) is 1.45. The number of rotatable bonds is 2. The lowest BCUT2D eigenvalue weighted by atomic mass is 10.2. The number of nitrogens with zero attached hydrogens (tertiary/aromatic N) is 2. The van der Waals surface area contributed by atoms with Crippen LogP contribution in [0.1, 0.15) is 10.4 Å². The molecule has 0 radical (unpaired) electrons. The van der Waals surface area contributed by atoms with E-state index in [2.05, 4.69) is 4.98 Å². The van der Waals surface area contributed by atoms with Crippen molar-refractivity contribution in [3.63, 3.8) is 0 Å². The second-order valence-corrected chi connectivity index (χ2v) is 4.66. The molecule has 0 saturated carbocycles. The van der Waals surface area contributed by atoms with E-state index in [1.807, 2.05) is 0 Å². The van der Waals surface area contributed by atoms with Gasteiger partial charge in [-0.05, 0) is 30.3 Å². The van der Waals surface area contributed by atoms with Crippen molar-refractivity contribution in [3.05, 3.63) is 59.1 Å². The molecule has 3 rings (SSSR count). The summed E-state index contributed by atoms with van der Waals surface area (Å²) in [4.78, 5) is 15.4. The predicted molar refractivity (Wildman–Crippen MR) is 73.0 cm³/mol. The Bertz CT molecular complexity index is 809. The van der Waals surface area contributed by atoms with Gasteiger partial charge in [-0.1, -0.05) is 17.7 Å². The Morgan fingerprint density at radius 2 is 2.10 bits per heavy atom. The second-order valence-electron chi connectivity index (χ2n) is 4.22. The van der Waals surface area contributed by atoms with Gasteiger partial charge in [-0.25, -0.2) is 14.2 Å². The minimum Gasteiger partial charge on any atom is -0.478 e. The molecule has 0 aliphatic carbocycles. The highest BCUT2D eigenvalue weighted by atomic mass is 35.5. The molecule has 0 atom stereocenters. The van der Waals surface area contributed by atoms with Gasteiger partial charge < -0.3 is 5.11 Å². The second kappa shape index (κ2) is 4.61. The van der Waals surface area contributed by atoms with E-state index in [9.17, 15) is 14.3 Å². The average molecular weight is 291 g/mol. The number of aromatic nitrogens is 2. The number of hydrogen-bond donors (Lipinski definition) is 1.